The average Bonchev–Trinajstić information content (AvgIpc) is 2.37. The third kappa shape index (κ3) is 3.87. The molecule has 0 aliphatic heterocycles. The summed E-state index contributed by atoms with van der Waals surface area (Å²) in [5, 5.41) is 0.524. The Morgan fingerprint density at radius 2 is 1.71 bits per heavy atom. The smallest absolute Gasteiger partial charge is 0.246 e. The van der Waals surface area contributed by atoms with Crippen LogP contribution in [0.3, 0.4) is 0 Å². The van der Waals surface area contributed by atoms with Gasteiger partial charge >= 0.3 is 0 Å². The van der Waals surface area contributed by atoms with Crippen LogP contribution in [0.15, 0.2) is 17.0 Å². The van der Waals surface area contributed by atoms with Gasteiger partial charge in [-0.15, -0.1) is 0 Å². The van der Waals surface area contributed by atoms with Crippen LogP contribution < -0.4 is 10.5 Å². The van der Waals surface area contributed by atoms with Crippen molar-refractivity contribution in [1.82, 2.24) is 4.72 Å². The molecule has 0 saturated heterocycles. The van der Waals surface area contributed by atoms with E-state index in [1.807, 2.05) is 6.26 Å². The van der Waals surface area contributed by atoms with Gasteiger partial charge in [-0.1, -0.05) is 0 Å². The molecular weight excluding hydrogens is 318 g/mol. The molecule has 0 spiro atoms. The van der Waals surface area contributed by atoms with Crippen molar-refractivity contribution >= 4 is 27.5 Å². The van der Waals surface area contributed by atoms with E-state index in [4.69, 9.17) is 5.73 Å². The number of hydrogen-bond donors (Lipinski definition) is 2. The van der Waals surface area contributed by atoms with Crippen LogP contribution in [-0.2, 0) is 10.0 Å². The molecule has 4 nitrogen and oxygen atoms in total. The average molecular weight is 336 g/mol. The zero-order chi connectivity index (χ0) is 15.6. The number of anilines is 1. The zero-order valence-corrected chi connectivity index (χ0v) is 13.2. The first-order chi connectivity index (χ1) is 9.83. The number of halogens is 2. The van der Waals surface area contributed by atoms with Crippen LogP contribution in [-0.4, -0.2) is 26.0 Å². The summed E-state index contributed by atoms with van der Waals surface area (Å²) in [4.78, 5) is -0.955. The molecule has 8 heteroatoms. The van der Waals surface area contributed by atoms with Gasteiger partial charge in [0.15, 0.2) is 4.90 Å². The molecule has 21 heavy (non-hydrogen) atoms. The highest BCUT2D eigenvalue weighted by molar-refractivity contribution is 7.99. The standard InChI is InChI=1S/C13H18F2N2O2S2/c1-20-10-4-2-9(3-5-10)17-21(18,19)13-11(14)6-8(16)7-12(13)15/h6-7,9-10,17H,2-5,16H2,1H3. The minimum atomic E-state index is -4.22. The Bertz CT molecular complexity index is 592. The summed E-state index contributed by atoms with van der Waals surface area (Å²) in [7, 11) is -4.22. The van der Waals surface area contributed by atoms with Crippen LogP contribution in [0.1, 0.15) is 25.7 Å². The monoisotopic (exact) mass is 336 g/mol. The molecule has 0 atom stereocenters. The molecule has 3 N–H and O–H groups in total. The molecule has 1 fully saturated rings. The molecule has 0 aromatic heterocycles. The molecule has 118 valence electrons. The predicted molar refractivity (Wildman–Crippen MR) is 80.7 cm³/mol. The summed E-state index contributed by atoms with van der Waals surface area (Å²) in [6.07, 6.45) is 5.14. The van der Waals surface area contributed by atoms with Gasteiger partial charge in [0.1, 0.15) is 11.6 Å². The maximum Gasteiger partial charge on any atom is 0.246 e. The number of sulfonamides is 1. The number of hydrogen-bond acceptors (Lipinski definition) is 4. The van der Waals surface area contributed by atoms with E-state index in [9.17, 15) is 17.2 Å². The van der Waals surface area contributed by atoms with E-state index in [0.29, 0.717) is 18.1 Å². The SMILES string of the molecule is CSC1CCC(NS(=O)(=O)c2c(F)cc(N)cc2F)CC1. The van der Waals surface area contributed by atoms with E-state index in [0.717, 1.165) is 25.0 Å². The first-order valence-corrected chi connectivity index (χ1v) is 9.40. The highest BCUT2D eigenvalue weighted by atomic mass is 32.2. The molecule has 0 bridgehead atoms. The molecule has 0 unspecified atom stereocenters. The lowest BCUT2D eigenvalue weighted by Gasteiger charge is -2.27. The van der Waals surface area contributed by atoms with Crippen LogP contribution in [0.2, 0.25) is 0 Å². The van der Waals surface area contributed by atoms with Gasteiger partial charge in [-0.25, -0.2) is 21.9 Å². The fourth-order valence-electron chi connectivity index (χ4n) is 2.53. The fraction of sp³-hybridized carbons (Fsp3) is 0.538. The number of nitrogens with one attached hydrogen (secondary N) is 1. The third-order valence-electron chi connectivity index (χ3n) is 3.62. The van der Waals surface area contributed by atoms with Crippen molar-refractivity contribution < 1.29 is 17.2 Å². The van der Waals surface area contributed by atoms with E-state index >= 15 is 0 Å². The lowest BCUT2D eigenvalue weighted by Crippen LogP contribution is -2.38. The zero-order valence-electron chi connectivity index (χ0n) is 11.6. The van der Waals surface area contributed by atoms with Crippen molar-refractivity contribution in [1.29, 1.82) is 0 Å². The lowest BCUT2D eigenvalue weighted by molar-refractivity contribution is 0.417. The number of nitrogens with two attached hydrogens (primary N) is 1. The van der Waals surface area contributed by atoms with Gasteiger partial charge in [0.2, 0.25) is 10.0 Å². The largest absolute Gasteiger partial charge is 0.399 e. The van der Waals surface area contributed by atoms with E-state index in [1.54, 1.807) is 11.8 Å². The Morgan fingerprint density at radius 3 is 2.19 bits per heavy atom. The van der Waals surface area contributed by atoms with E-state index in [-0.39, 0.29) is 11.7 Å². The maximum atomic E-state index is 13.7. The summed E-state index contributed by atoms with van der Waals surface area (Å²) >= 11 is 1.76. The van der Waals surface area contributed by atoms with Gasteiger partial charge in [0, 0.05) is 17.0 Å². The van der Waals surface area contributed by atoms with Crippen molar-refractivity contribution in [3.05, 3.63) is 23.8 Å². The van der Waals surface area contributed by atoms with Crippen molar-refractivity contribution in [3.8, 4) is 0 Å². The molecule has 1 aliphatic carbocycles. The third-order valence-corrected chi connectivity index (χ3v) is 6.33. The summed E-state index contributed by atoms with van der Waals surface area (Å²) in [5.41, 5.74) is 5.14. The molecule has 1 saturated carbocycles. The van der Waals surface area contributed by atoms with E-state index in [2.05, 4.69) is 4.72 Å². The first-order valence-electron chi connectivity index (χ1n) is 6.63. The summed E-state index contributed by atoms with van der Waals surface area (Å²) in [5.74, 6) is -2.34. The number of nitrogen functional groups attached to an aromatic ring is 1. The second-order valence-corrected chi connectivity index (χ2v) is 7.93. The molecule has 0 radical (unpaired) electrons. The predicted octanol–water partition coefficient (Wildman–Crippen LogP) is 2.50. The minimum absolute atomic E-state index is 0.149. The van der Waals surface area contributed by atoms with Gasteiger partial charge in [-0.05, 0) is 44.1 Å². The summed E-state index contributed by atoms with van der Waals surface area (Å²) < 4.78 is 54.2. The Balaban J connectivity index is 2.16. The van der Waals surface area contributed by atoms with Gasteiger partial charge in [0.25, 0.3) is 0 Å². The van der Waals surface area contributed by atoms with E-state index in [1.165, 1.54) is 0 Å². The number of thioether (sulfide) groups is 1. The van der Waals surface area contributed by atoms with Crippen LogP contribution in [0.5, 0.6) is 0 Å². The quantitative estimate of drug-likeness (QED) is 0.829. The van der Waals surface area contributed by atoms with Crippen LogP contribution in [0.4, 0.5) is 14.5 Å². The van der Waals surface area contributed by atoms with Crippen molar-refractivity contribution in [2.75, 3.05) is 12.0 Å². The fourth-order valence-corrected chi connectivity index (χ4v) is 4.70. The van der Waals surface area contributed by atoms with Gasteiger partial charge in [0.05, 0.1) is 0 Å². The highest BCUT2D eigenvalue weighted by Gasteiger charge is 2.29. The lowest BCUT2D eigenvalue weighted by atomic mass is 9.96. The Kier molecular flexibility index (Phi) is 5.11. The van der Waals surface area contributed by atoms with Crippen LogP contribution in [0.25, 0.3) is 0 Å². The highest BCUT2D eigenvalue weighted by Crippen LogP contribution is 2.28. The molecule has 0 amide bonds. The minimum Gasteiger partial charge on any atom is -0.399 e. The second-order valence-electron chi connectivity index (χ2n) is 5.14. The van der Waals surface area contributed by atoms with Gasteiger partial charge in [-0.3, -0.25) is 0 Å². The first kappa shape index (κ1) is 16.5. The topological polar surface area (TPSA) is 72.2 Å². The van der Waals surface area contributed by atoms with E-state index < -0.39 is 26.6 Å². The molecule has 1 aromatic rings. The number of rotatable bonds is 4. The maximum absolute atomic E-state index is 13.7. The Morgan fingerprint density at radius 1 is 1.19 bits per heavy atom. The Labute approximate surface area is 127 Å². The van der Waals surface area contributed by atoms with Gasteiger partial charge < -0.3 is 5.73 Å². The number of benzene rings is 1. The molecule has 0 heterocycles. The van der Waals surface area contributed by atoms with Gasteiger partial charge in [-0.2, -0.15) is 11.8 Å². The molecule has 1 aromatic carbocycles. The molecular formula is C13H18F2N2O2S2. The summed E-state index contributed by atoms with van der Waals surface area (Å²) in [6, 6.07) is 1.33. The normalized spacial score (nSPS) is 23.2. The molecule has 1 aliphatic rings. The second kappa shape index (κ2) is 6.50. The van der Waals surface area contributed by atoms with Crippen molar-refractivity contribution in [2.45, 2.75) is 41.9 Å². The van der Waals surface area contributed by atoms with Crippen LogP contribution >= 0.6 is 11.8 Å². The van der Waals surface area contributed by atoms with Crippen molar-refractivity contribution in [2.24, 2.45) is 0 Å². The summed E-state index contributed by atoms with van der Waals surface area (Å²) in [6.45, 7) is 0. The van der Waals surface area contributed by atoms with Crippen molar-refractivity contribution in [3.63, 3.8) is 0 Å². The molecule has 2 rings (SSSR count). The van der Waals surface area contributed by atoms with Crippen LogP contribution in [0, 0.1) is 11.6 Å². The Hall–Kier alpha value is -0.860.